The van der Waals surface area contributed by atoms with Crippen LogP contribution in [0, 0.1) is 11.8 Å². The number of halogens is 1. The van der Waals surface area contributed by atoms with Gasteiger partial charge < -0.3 is 5.11 Å². The third-order valence-corrected chi connectivity index (χ3v) is 5.88. The number of aromatic nitrogens is 1. The summed E-state index contributed by atoms with van der Waals surface area (Å²) in [4.78, 5) is 16.2. The molecule has 1 saturated carbocycles. The molecule has 0 amide bonds. The second-order valence-corrected chi connectivity index (χ2v) is 7.44. The van der Waals surface area contributed by atoms with Crippen molar-refractivity contribution in [3.05, 3.63) is 27.7 Å². The van der Waals surface area contributed by atoms with Crippen LogP contribution in [-0.4, -0.2) is 16.1 Å². The summed E-state index contributed by atoms with van der Waals surface area (Å²) in [6.45, 7) is 2.14. The standard InChI is InChI=1S/C15H16BrNO2S/c1-2-8-5-10(11(6-8)15(18)19)14-17-12-4-3-9(16)7-13(12)20-14/h3-4,7-8,10-11H,2,5-6H2,1H3,(H,18,19). The summed E-state index contributed by atoms with van der Waals surface area (Å²) in [6, 6.07) is 6.02. The molecule has 1 N–H and O–H groups in total. The number of carbonyl (C=O) groups is 1. The lowest BCUT2D eigenvalue weighted by Gasteiger charge is -2.11. The molecule has 1 aliphatic rings. The van der Waals surface area contributed by atoms with Crippen LogP contribution in [0.15, 0.2) is 22.7 Å². The number of hydrogen-bond acceptors (Lipinski definition) is 3. The molecule has 0 saturated heterocycles. The summed E-state index contributed by atoms with van der Waals surface area (Å²) in [5.74, 6) is -0.358. The molecule has 1 aromatic carbocycles. The molecule has 1 heterocycles. The summed E-state index contributed by atoms with van der Waals surface area (Å²) >= 11 is 5.10. The van der Waals surface area contributed by atoms with Crippen molar-refractivity contribution in [2.45, 2.75) is 32.1 Å². The van der Waals surface area contributed by atoms with Crippen LogP contribution in [0.4, 0.5) is 0 Å². The van der Waals surface area contributed by atoms with E-state index in [0.717, 1.165) is 39.0 Å². The number of nitrogens with zero attached hydrogens (tertiary/aromatic N) is 1. The molecule has 0 bridgehead atoms. The minimum absolute atomic E-state index is 0.0774. The summed E-state index contributed by atoms with van der Waals surface area (Å²) in [5.41, 5.74) is 0.970. The van der Waals surface area contributed by atoms with Crippen LogP contribution in [0.1, 0.15) is 37.1 Å². The average Bonchev–Trinajstić information content (AvgIpc) is 3.00. The van der Waals surface area contributed by atoms with Gasteiger partial charge >= 0.3 is 5.97 Å². The van der Waals surface area contributed by atoms with E-state index in [4.69, 9.17) is 0 Å². The van der Waals surface area contributed by atoms with Gasteiger partial charge in [-0.05, 0) is 37.0 Å². The van der Waals surface area contributed by atoms with Gasteiger partial charge in [-0.3, -0.25) is 4.79 Å². The molecule has 3 rings (SSSR count). The summed E-state index contributed by atoms with van der Waals surface area (Å²) in [6.07, 6.45) is 2.79. The van der Waals surface area contributed by atoms with E-state index in [1.54, 1.807) is 11.3 Å². The van der Waals surface area contributed by atoms with Crippen LogP contribution in [0.2, 0.25) is 0 Å². The first-order chi connectivity index (χ1) is 9.58. The molecular formula is C15H16BrNO2S. The summed E-state index contributed by atoms with van der Waals surface area (Å²) in [7, 11) is 0. The van der Waals surface area contributed by atoms with Gasteiger partial charge in [0.15, 0.2) is 0 Å². The third-order valence-electron chi connectivity index (χ3n) is 4.24. The van der Waals surface area contributed by atoms with Crippen LogP contribution in [0.25, 0.3) is 10.2 Å². The molecule has 106 valence electrons. The van der Waals surface area contributed by atoms with Crippen LogP contribution in [0.3, 0.4) is 0 Å². The molecule has 3 atom stereocenters. The Hall–Kier alpha value is -0.940. The number of benzene rings is 1. The number of carboxylic acid groups (broad SMARTS) is 1. The van der Waals surface area contributed by atoms with E-state index in [1.807, 2.05) is 12.1 Å². The maximum absolute atomic E-state index is 11.5. The Morgan fingerprint density at radius 3 is 3.00 bits per heavy atom. The number of fused-ring (bicyclic) bond motifs is 1. The van der Waals surface area contributed by atoms with E-state index < -0.39 is 5.97 Å². The van der Waals surface area contributed by atoms with Crippen molar-refractivity contribution in [2.24, 2.45) is 11.8 Å². The lowest BCUT2D eigenvalue weighted by molar-refractivity contribution is -0.142. The smallest absolute Gasteiger partial charge is 0.307 e. The normalized spacial score (nSPS) is 26.2. The Balaban J connectivity index is 1.98. The largest absolute Gasteiger partial charge is 0.481 e. The average molecular weight is 354 g/mol. The first-order valence-corrected chi connectivity index (χ1v) is 8.48. The molecule has 1 aromatic heterocycles. The predicted octanol–water partition coefficient (Wildman–Crippen LogP) is 4.66. The first-order valence-electron chi connectivity index (χ1n) is 6.87. The van der Waals surface area contributed by atoms with Gasteiger partial charge in [0.2, 0.25) is 0 Å². The third kappa shape index (κ3) is 2.49. The zero-order valence-electron chi connectivity index (χ0n) is 11.2. The molecule has 0 aliphatic heterocycles. The van der Waals surface area contributed by atoms with Crippen molar-refractivity contribution in [3.63, 3.8) is 0 Å². The monoisotopic (exact) mass is 353 g/mol. The fourth-order valence-electron chi connectivity index (χ4n) is 3.10. The Labute approximate surface area is 130 Å². The Morgan fingerprint density at radius 1 is 1.50 bits per heavy atom. The van der Waals surface area contributed by atoms with Gasteiger partial charge in [-0.15, -0.1) is 11.3 Å². The molecule has 20 heavy (non-hydrogen) atoms. The highest BCUT2D eigenvalue weighted by Crippen LogP contribution is 2.46. The van der Waals surface area contributed by atoms with E-state index in [1.165, 1.54) is 0 Å². The minimum Gasteiger partial charge on any atom is -0.481 e. The molecule has 5 heteroatoms. The zero-order valence-corrected chi connectivity index (χ0v) is 13.6. The van der Waals surface area contributed by atoms with Gasteiger partial charge in [-0.2, -0.15) is 0 Å². The number of hydrogen-bond donors (Lipinski definition) is 1. The molecule has 0 radical (unpaired) electrons. The van der Waals surface area contributed by atoms with Crippen molar-refractivity contribution >= 4 is 43.5 Å². The molecular weight excluding hydrogens is 338 g/mol. The zero-order chi connectivity index (χ0) is 14.3. The van der Waals surface area contributed by atoms with E-state index in [9.17, 15) is 9.90 Å². The number of rotatable bonds is 3. The Morgan fingerprint density at radius 2 is 2.30 bits per heavy atom. The van der Waals surface area contributed by atoms with Gasteiger partial charge in [0.25, 0.3) is 0 Å². The van der Waals surface area contributed by atoms with Crippen molar-refractivity contribution in [1.82, 2.24) is 4.98 Å². The molecule has 0 spiro atoms. The first kappa shape index (κ1) is 14.0. The van der Waals surface area contributed by atoms with Gasteiger partial charge in [0, 0.05) is 10.4 Å². The maximum atomic E-state index is 11.5. The highest BCUT2D eigenvalue weighted by atomic mass is 79.9. The van der Waals surface area contributed by atoms with E-state index in [0.29, 0.717) is 5.92 Å². The Kier molecular flexibility index (Phi) is 3.82. The van der Waals surface area contributed by atoms with Crippen molar-refractivity contribution in [3.8, 4) is 0 Å². The minimum atomic E-state index is -0.675. The predicted molar refractivity (Wildman–Crippen MR) is 84.2 cm³/mol. The van der Waals surface area contributed by atoms with Crippen molar-refractivity contribution in [2.75, 3.05) is 0 Å². The molecule has 3 nitrogen and oxygen atoms in total. The second kappa shape index (κ2) is 5.45. The van der Waals surface area contributed by atoms with Crippen molar-refractivity contribution < 1.29 is 9.90 Å². The van der Waals surface area contributed by atoms with E-state index in [2.05, 4.69) is 33.9 Å². The molecule has 1 aliphatic carbocycles. The van der Waals surface area contributed by atoms with Crippen LogP contribution >= 0.6 is 27.3 Å². The van der Waals surface area contributed by atoms with Gasteiger partial charge in [0.1, 0.15) is 0 Å². The van der Waals surface area contributed by atoms with Crippen LogP contribution in [-0.2, 0) is 4.79 Å². The number of thiazole rings is 1. The second-order valence-electron chi connectivity index (χ2n) is 5.46. The van der Waals surface area contributed by atoms with Crippen LogP contribution < -0.4 is 0 Å². The van der Waals surface area contributed by atoms with E-state index in [-0.39, 0.29) is 11.8 Å². The summed E-state index contributed by atoms with van der Waals surface area (Å²) < 4.78 is 2.16. The lowest BCUT2D eigenvalue weighted by atomic mass is 9.97. The van der Waals surface area contributed by atoms with E-state index >= 15 is 0 Å². The quantitative estimate of drug-likeness (QED) is 0.872. The van der Waals surface area contributed by atoms with Gasteiger partial charge in [-0.1, -0.05) is 29.3 Å². The fraction of sp³-hybridized carbons (Fsp3) is 0.467. The highest BCUT2D eigenvalue weighted by Gasteiger charge is 2.40. The maximum Gasteiger partial charge on any atom is 0.307 e. The fourth-order valence-corrected chi connectivity index (χ4v) is 4.79. The highest BCUT2D eigenvalue weighted by molar-refractivity contribution is 9.10. The lowest BCUT2D eigenvalue weighted by Crippen LogP contribution is -2.16. The number of aliphatic carboxylic acids is 1. The topological polar surface area (TPSA) is 50.2 Å². The Bertz CT molecular complexity index is 654. The van der Waals surface area contributed by atoms with Gasteiger partial charge in [-0.25, -0.2) is 4.98 Å². The van der Waals surface area contributed by atoms with Crippen LogP contribution in [0.5, 0.6) is 0 Å². The molecule has 2 aromatic rings. The molecule has 1 fully saturated rings. The SMILES string of the molecule is CCC1CC(C(=O)O)C(c2nc3ccc(Br)cc3s2)C1. The van der Waals surface area contributed by atoms with Gasteiger partial charge in [0.05, 0.1) is 21.1 Å². The number of carboxylic acids is 1. The summed E-state index contributed by atoms with van der Waals surface area (Å²) in [5, 5.41) is 10.4. The molecule has 3 unspecified atom stereocenters. The van der Waals surface area contributed by atoms with Crippen molar-refractivity contribution in [1.29, 1.82) is 0 Å².